The van der Waals surface area contributed by atoms with Crippen molar-refractivity contribution in [3.05, 3.63) is 0 Å². The Morgan fingerprint density at radius 1 is 1.29 bits per heavy atom. The number of amides is 2. The lowest BCUT2D eigenvalue weighted by molar-refractivity contribution is -0.127. The molecule has 0 fully saturated rings. The molecule has 4 N–H and O–H groups in total. The third kappa shape index (κ3) is 8.65. The van der Waals surface area contributed by atoms with Crippen molar-refractivity contribution in [2.24, 2.45) is 5.73 Å². The van der Waals surface area contributed by atoms with Gasteiger partial charge < -0.3 is 21.3 Å². The Bertz CT molecular complexity index is 254. The zero-order valence-corrected chi connectivity index (χ0v) is 11.1. The second-order valence-electron chi connectivity index (χ2n) is 4.64. The fourth-order valence-corrected chi connectivity index (χ4v) is 1.30. The number of rotatable bonds is 8. The molecule has 0 saturated carbocycles. The number of primary amides is 1. The second kappa shape index (κ2) is 8.03. The van der Waals surface area contributed by atoms with Crippen LogP contribution in [0.25, 0.3) is 0 Å². The highest BCUT2D eigenvalue weighted by Crippen LogP contribution is 1.93. The van der Waals surface area contributed by atoms with Crippen LogP contribution in [-0.2, 0) is 9.59 Å². The molecule has 0 aliphatic rings. The van der Waals surface area contributed by atoms with E-state index >= 15 is 0 Å². The van der Waals surface area contributed by atoms with Gasteiger partial charge in [0.25, 0.3) is 0 Å². The molecule has 0 bridgehead atoms. The number of nitrogens with one attached hydrogen (secondary N) is 2. The van der Waals surface area contributed by atoms with Crippen molar-refractivity contribution in [1.29, 1.82) is 0 Å². The van der Waals surface area contributed by atoms with E-state index in [1.165, 1.54) is 0 Å². The second-order valence-corrected chi connectivity index (χ2v) is 4.64. The molecule has 0 radical (unpaired) electrons. The first-order valence-corrected chi connectivity index (χ1v) is 5.79. The van der Waals surface area contributed by atoms with Crippen LogP contribution in [-0.4, -0.2) is 56.0 Å². The number of carbonyl (C=O) groups excluding carboxylic acids is 2. The minimum absolute atomic E-state index is 0.0674. The predicted octanol–water partition coefficient (Wildman–Crippen LogP) is -1.09. The molecule has 0 saturated heterocycles. The summed E-state index contributed by atoms with van der Waals surface area (Å²) < 4.78 is 0. The fourth-order valence-electron chi connectivity index (χ4n) is 1.30. The molecule has 1 unspecified atom stereocenters. The summed E-state index contributed by atoms with van der Waals surface area (Å²) in [5, 5.41) is 5.71. The van der Waals surface area contributed by atoms with Crippen LogP contribution in [0, 0.1) is 0 Å². The third-order valence-corrected chi connectivity index (χ3v) is 2.13. The third-order valence-electron chi connectivity index (χ3n) is 2.13. The average molecular weight is 244 g/mol. The zero-order chi connectivity index (χ0) is 13.4. The van der Waals surface area contributed by atoms with Gasteiger partial charge in [0.1, 0.15) is 0 Å². The van der Waals surface area contributed by atoms with Gasteiger partial charge in [0, 0.05) is 19.1 Å². The monoisotopic (exact) mass is 244 g/mol. The van der Waals surface area contributed by atoms with Gasteiger partial charge in [-0.05, 0) is 27.9 Å². The van der Waals surface area contributed by atoms with Crippen molar-refractivity contribution in [3.8, 4) is 0 Å². The SMILES string of the molecule is CC(C)NC(=O)CC(NCCN(C)C)C(N)=O. The van der Waals surface area contributed by atoms with Crippen LogP contribution in [0.3, 0.4) is 0 Å². The van der Waals surface area contributed by atoms with Crippen molar-refractivity contribution in [3.63, 3.8) is 0 Å². The molecule has 0 aliphatic heterocycles. The minimum atomic E-state index is -0.603. The zero-order valence-electron chi connectivity index (χ0n) is 11.1. The number of carbonyl (C=O) groups is 2. The summed E-state index contributed by atoms with van der Waals surface area (Å²) in [6, 6.07) is -0.536. The summed E-state index contributed by atoms with van der Waals surface area (Å²) in [4.78, 5) is 24.6. The topological polar surface area (TPSA) is 87.5 Å². The highest BCUT2D eigenvalue weighted by Gasteiger charge is 2.18. The summed E-state index contributed by atoms with van der Waals surface area (Å²) in [6.07, 6.45) is 0.0843. The molecule has 0 rings (SSSR count). The van der Waals surface area contributed by atoms with Crippen molar-refractivity contribution in [2.75, 3.05) is 27.2 Å². The van der Waals surface area contributed by atoms with Crippen molar-refractivity contribution < 1.29 is 9.59 Å². The van der Waals surface area contributed by atoms with Crippen LogP contribution >= 0.6 is 0 Å². The normalized spacial score (nSPS) is 12.8. The Balaban J connectivity index is 4.06. The first kappa shape index (κ1) is 15.9. The van der Waals surface area contributed by atoms with E-state index in [4.69, 9.17) is 5.73 Å². The number of nitrogens with zero attached hydrogens (tertiary/aromatic N) is 1. The van der Waals surface area contributed by atoms with Gasteiger partial charge in [0.15, 0.2) is 0 Å². The van der Waals surface area contributed by atoms with Crippen molar-refractivity contribution in [1.82, 2.24) is 15.5 Å². The first-order chi connectivity index (χ1) is 7.82. The minimum Gasteiger partial charge on any atom is -0.368 e. The maximum Gasteiger partial charge on any atom is 0.235 e. The quantitative estimate of drug-likeness (QED) is 0.506. The first-order valence-electron chi connectivity index (χ1n) is 5.79. The number of hydrogen-bond donors (Lipinski definition) is 3. The Labute approximate surface area is 103 Å². The molecule has 6 nitrogen and oxygen atoms in total. The van der Waals surface area contributed by atoms with E-state index in [0.29, 0.717) is 6.54 Å². The Kier molecular flexibility index (Phi) is 7.49. The van der Waals surface area contributed by atoms with Crippen LogP contribution in [0.15, 0.2) is 0 Å². The van der Waals surface area contributed by atoms with Crippen molar-refractivity contribution in [2.45, 2.75) is 32.4 Å². The van der Waals surface area contributed by atoms with Gasteiger partial charge in [-0.3, -0.25) is 9.59 Å². The van der Waals surface area contributed by atoms with Crippen LogP contribution in [0.4, 0.5) is 0 Å². The van der Waals surface area contributed by atoms with Crippen LogP contribution in [0.1, 0.15) is 20.3 Å². The smallest absolute Gasteiger partial charge is 0.235 e. The van der Waals surface area contributed by atoms with Gasteiger partial charge in [-0.2, -0.15) is 0 Å². The van der Waals surface area contributed by atoms with E-state index in [9.17, 15) is 9.59 Å². The van der Waals surface area contributed by atoms with E-state index in [1.54, 1.807) is 0 Å². The molecule has 2 amide bonds. The van der Waals surface area contributed by atoms with Crippen LogP contribution < -0.4 is 16.4 Å². The van der Waals surface area contributed by atoms with Gasteiger partial charge >= 0.3 is 0 Å². The van der Waals surface area contributed by atoms with Crippen molar-refractivity contribution >= 4 is 11.8 Å². The molecule has 0 aromatic carbocycles. The lowest BCUT2D eigenvalue weighted by Crippen LogP contribution is -2.47. The molecule has 0 spiro atoms. The lowest BCUT2D eigenvalue weighted by Gasteiger charge is -2.17. The molecule has 0 aromatic rings. The fraction of sp³-hybridized carbons (Fsp3) is 0.818. The molecule has 0 aromatic heterocycles. The van der Waals surface area contributed by atoms with Gasteiger partial charge in [0.2, 0.25) is 11.8 Å². The molecule has 17 heavy (non-hydrogen) atoms. The summed E-state index contributed by atoms with van der Waals surface area (Å²) in [5.74, 6) is -0.663. The summed E-state index contributed by atoms with van der Waals surface area (Å²) in [6.45, 7) is 5.15. The van der Waals surface area contributed by atoms with E-state index in [1.807, 2.05) is 32.8 Å². The molecule has 6 heteroatoms. The largest absolute Gasteiger partial charge is 0.368 e. The standard InChI is InChI=1S/C11H24N4O2/c1-8(2)14-10(16)7-9(11(12)17)13-5-6-15(3)4/h8-9,13H,5-7H2,1-4H3,(H2,12,17)(H,14,16). The Hall–Kier alpha value is -1.14. The summed E-state index contributed by atoms with van der Waals surface area (Å²) in [5.41, 5.74) is 5.24. The molecule has 0 heterocycles. The lowest BCUT2D eigenvalue weighted by atomic mass is 10.1. The van der Waals surface area contributed by atoms with E-state index in [0.717, 1.165) is 6.54 Å². The molecule has 0 aliphatic carbocycles. The van der Waals surface area contributed by atoms with E-state index in [-0.39, 0.29) is 18.4 Å². The molecular formula is C11H24N4O2. The Morgan fingerprint density at radius 2 is 1.88 bits per heavy atom. The summed E-state index contributed by atoms with van der Waals surface area (Å²) in [7, 11) is 3.87. The predicted molar refractivity (Wildman–Crippen MR) is 67.4 cm³/mol. The number of hydrogen-bond acceptors (Lipinski definition) is 4. The Morgan fingerprint density at radius 3 is 2.29 bits per heavy atom. The van der Waals surface area contributed by atoms with Crippen LogP contribution in [0.5, 0.6) is 0 Å². The highest BCUT2D eigenvalue weighted by atomic mass is 16.2. The molecular weight excluding hydrogens is 220 g/mol. The summed E-state index contributed by atoms with van der Waals surface area (Å²) >= 11 is 0. The van der Waals surface area contributed by atoms with E-state index in [2.05, 4.69) is 10.6 Å². The van der Waals surface area contributed by atoms with Gasteiger partial charge in [0.05, 0.1) is 12.5 Å². The number of nitrogens with two attached hydrogens (primary N) is 1. The van der Waals surface area contributed by atoms with E-state index < -0.39 is 11.9 Å². The number of likely N-dealkylation sites (N-methyl/N-ethyl adjacent to an activating group) is 1. The molecule has 1 atom stereocenters. The maximum absolute atomic E-state index is 11.5. The van der Waals surface area contributed by atoms with Gasteiger partial charge in [-0.25, -0.2) is 0 Å². The van der Waals surface area contributed by atoms with Crippen LogP contribution in [0.2, 0.25) is 0 Å². The average Bonchev–Trinajstić information content (AvgIpc) is 2.13. The highest BCUT2D eigenvalue weighted by molar-refractivity contribution is 5.87. The maximum atomic E-state index is 11.5. The van der Waals surface area contributed by atoms with Gasteiger partial charge in [-0.1, -0.05) is 0 Å². The van der Waals surface area contributed by atoms with Gasteiger partial charge in [-0.15, -0.1) is 0 Å². The molecule has 100 valence electrons.